The molecule has 3 nitrogen and oxygen atoms in total. The van der Waals surface area contributed by atoms with E-state index in [4.69, 9.17) is 4.74 Å². The number of pyridine rings is 1. The molecule has 1 aromatic carbocycles. The van der Waals surface area contributed by atoms with Gasteiger partial charge in [-0.2, -0.15) is 0 Å². The first-order chi connectivity index (χ1) is 9.61. The van der Waals surface area contributed by atoms with Gasteiger partial charge < -0.3 is 10.1 Å². The lowest BCUT2D eigenvalue weighted by atomic mass is 10.0. The first-order valence-corrected chi connectivity index (χ1v) is 6.63. The van der Waals surface area contributed by atoms with Crippen LogP contribution in [0.15, 0.2) is 36.5 Å². The standard InChI is InChI=1S/C16H19FN2O/c1-11(2)19-10-12-6-7-13(17)9-14(12)16-15(20-3)5-4-8-18-16/h4-9,11,19H,10H2,1-3H3. The average Bonchev–Trinajstić information content (AvgIpc) is 2.45. The van der Waals surface area contributed by atoms with Gasteiger partial charge in [-0.25, -0.2) is 4.39 Å². The fraction of sp³-hybridized carbons (Fsp3) is 0.312. The number of methoxy groups -OCH3 is 1. The lowest BCUT2D eigenvalue weighted by molar-refractivity contribution is 0.414. The third-order valence-electron chi connectivity index (χ3n) is 3.02. The molecular weight excluding hydrogens is 255 g/mol. The van der Waals surface area contributed by atoms with E-state index in [-0.39, 0.29) is 5.82 Å². The summed E-state index contributed by atoms with van der Waals surface area (Å²) in [5.41, 5.74) is 2.42. The van der Waals surface area contributed by atoms with Crippen molar-refractivity contribution >= 4 is 0 Å². The Morgan fingerprint density at radius 3 is 2.80 bits per heavy atom. The molecule has 1 N–H and O–H groups in total. The molecule has 0 bridgehead atoms. The maximum absolute atomic E-state index is 13.6. The van der Waals surface area contributed by atoms with Gasteiger partial charge in [-0.1, -0.05) is 19.9 Å². The summed E-state index contributed by atoms with van der Waals surface area (Å²) in [6.07, 6.45) is 1.68. The molecule has 2 aromatic rings. The molecule has 1 heterocycles. The molecule has 106 valence electrons. The Labute approximate surface area is 118 Å². The number of benzene rings is 1. The predicted octanol–water partition coefficient (Wildman–Crippen LogP) is 3.39. The minimum absolute atomic E-state index is 0.277. The van der Waals surface area contributed by atoms with Crippen LogP contribution in [0.4, 0.5) is 4.39 Å². The van der Waals surface area contributed by atoms with Crippen LogP contribution in [-0.2, 0) is 6.54 Å². The Bertz CT molecular complexity index is 584. The number of nitrogens with one attached hydrogen (secondary N) is 1. The summed E-state index contributed by atoms with van der Waals surface area (Å²) in [6, 6.07) is 8.74. The van der Waals surface area contributed by atoms with Gasteiger partial charge in [0.2, 0.25) is 0 Å². The minimum atomic E-state index is -0.277. The lowest BCUT2D eigenvalue weighted by Crippen LogP contribution is -2.22. The van der Waals surface area contributed by atoms with Gasteiger partial charge in [0.25, 0.3) is 0 Å². The molecular formula is C16H19FN2O. The summed E-state index contributed by atoms with van der Waals surface area (Å²) in [6.45, 7) is 4.81. The fourth-order valence-electron chi connectivity index (χ4n) is 1.99. The molecule has 0 spiro atoms. The smallest absolute Gasteiger partial charge is 0.145 e. The molecule has 1 aromatic heterocycles. The predicted molar refractivity (Wildman–Crippen MR) is 78.2 cm³/mol. The number of rotatable bonds is 5. The van der Waals surface area contributed by atoms with E-state index in [0.29, 0.717) is 24.0 Å². The van der Waals surface area contributed by atoms with Crippen molar-refractivity contribution in [2.45, 2.75) is 26.4 Å². The summed E-state index contributed by atoms with van der Waals surface area (Å²) in [5, 5.41) is 3.34. The Morgan fingerprint density at radius 1 is 1.30 bits per heavy atom. The monoisotopic (exact) mass is 274 g/mol. The molecule has 0 radical (unpaired) electrons. The van der Waals surface area contributed by atoms with Crippen molar-refractivity contribution < 1.29 is 9.13 Å². The summed E-state index contributed by atoms with van der Waals surface area (Å²) in [4.78, 5) is 4.33. The normalized spacial score (nSPS) is 10.8. The molecule has 0 saturated carbocycles. The highest BCUT2D eigenvalue weighted by atomic mass is 19.1. The summed E-state index contributed by atoms with van der Waals surface area (Å²) < 4.78 is 18.9. The van der Waals surface area contributed by atoms with Gasteiger partial charge in [0, 0.05) is 24.3 Å². The quantitative estimate of drug-likeness (QED) is 0.907. The molecule has 0 saturated heterocycles. The zero-order valence-electron chi connectivity index (χ0n) is 12.0. The van der Waals surface area contributed by atoms with E-state index in [1.54, 1.807) is 25.4 Å². The molecule has 0 aliphatic rings. The molecule has 0 amide bonds. The van der Waals surface area contributed by atoms with Gasteiger partial charge in [-0.05, 0) is 29.8 Å². The highest BCUT2D eigenvalue weighted by molar-refractivity contribution is 5.69. The van der Waals surface area contributed by atoms with Crippen LogP contribution >= 0.6 is 0 Å². The summed E-state index contributed by atoms with van der Waals surface area (Å²) >= 11 is 0. The van der Waals surface area contributed by atoms with Crippen LogP contribution in [0.25, 0.3) is 11.3 Å². The topological polar surface area (TPSA) is 34.1 Å². The number of halogens is 1. The fourth-order valence-corrected chi connectivity index (χ4v) is 1.99. The Hall–Kier alpha value is -1.94. The van der Waals surface area contributed by atoms with Crippen molar-refractivity contribution in [1.29, 1.82) is 0 Å². The summed E-state index contributed by atoms with van der Waals surface area (Å²) in [7, 11) is 1.59. The van der Waals surface area contributed by atoms with Crippen molar-refractivity contribution in [3.8, 4) is 17.0 Å². The molecule has 0 aliphatic carbocycles. The van der Waals surface area contributed by atoms with Crippen molar-refractivity contribution in [2.75, 3.05) is 7.11 Å². The second kappa shape index (κ2) is 6.48. The molecule has 0 aliphatic heterocycles. The minimum Gasteiger partial charge on any atom is -0.494 e. The second-order valence-corrected chi connectivity index (χ2v) is 4.89. The number of hydrogen-bond donors (Lipinski definition) is 1. The number of ether oxygens (including phenoxy) is 1. The average molecular weight is 274 g/mol. The Balaban J connectivity index is 2.45. The first kappa shape index (κ1) is 14.5. The first-order valence-electron chi connectivity index (χ1n) is 6.63. The van der Waals surface area contributed by atoms with Crippen LogP contribution in [0.2, 0.25) is 0 Å². The van der Waals surface area contributed by atoms with E-state index in [2.05, 4.69) is 24.1 Å². The highest BCUT2D eigenvalue weighted by Crippen LogP contribution is 2.30. The van der Waals surface area contributed by atoms with Crippen molar-refractivity contribution in [3.63, 3.8) is 0 Å². The maximum Gasteiger partial charge on any atom is 0.145 e. The molecule has 20 heavy (non-hydrogen) atoms. The SMILES string of the molecule is COc1cccnc1-c1cc(F)ccc1CNC(C)C. The van der Waals surface area contributed by atoms with Crippen LogP contribution in [0.5, 0.6) is 5.75 Å². The Kier molecular flexibility index (Phi) is 4.69. The van der Waals surface area contributed by atoms with Crippen molar-refractivity contribution in [2.24, 2.45) is 0 Å². The van der Waals surface area contributed by atoms with Crippen molar-refractivity contribution in [3.05, 3.63) is 47.9 Å². The van der Waals surface area contributed by atoms with Crippen LogP contribution in [0.3, 0.4) is 0 Å². The van der Waals surface area contributed by atoms with Crippen LogP contribution in [0, 0.1) is 5.82 Å². The third-order valence-corrected chi connectivity index (χ3v) is 3.02. The van der Waals surface area contributed by atoms with E-state index >= 15 is 0 Å². The largest absolute Gasteiger partial charge is 0.494 e. The zero-order chi connectivity index (χ0) is 14.5. The molecule has 0 unspecified atom stereocenters. The van der Waals surface area contributed by atoms with E-state index in [1.165, 1.54) is 12.1 Å². The van der Waals surface area contributed by atoms with E-state index in [1.807, 2.05) is 6.07 Å². The maximum atomic E-state index is 13.6. The van der Waals surface area contributed by atoms with Gasteiger partial charge >= 0.3 is 0 Å². The number of nitrogens with zero attached hydrogens (tertiary/aromatic N) is 1. The number of hydrogen-bond acceptors (Lipinski definition) is 3. The van der Waals surface area contributed by atoms with Gasteiger partial charge in [-0.15, -0.1) is 0 Å². The number of aromatic nitrogens is 1. The lowest BCUT2D eigenvalue weighted by Gasteiger charge is -2.14. The van der Waals surface area contributed by atoms with Crippen LogP contribution in [0.1, 0.15) is 19.4 Å². The molecule has 0 atom stereocenters. The summed E-state index contributed by atoms with van der Waals surface area (Å²) in [5.74, 6) is 0.366. The van der Waals surface area contributed by atoms with Gasteiger partial charge in [-0.3, -0.25) is 4.98 Å². The van der Waals surface area contributed by atoms with E-state index < -0.39 is 0 Å². The van der Waals surface area contributed by atoms with Crippen molar-refractivity contribution in [1.82, 2.24) is 10.3 Å². The van der Waals surface area contributed by atoms with Gasteiger partial charge in [0.15, 0.2) is 0 Å². The third kappa shape index (κ3) is 3.33. The molecule has 0 fully saturated rings. The van der Waals surface area contributed by atoms with E-state index in [9.17, 15) is 4.39 Å². The van der Waals surface area contributed by atoms with E-state index in [0.717, 1.165) is 11.1 Å². The zero-order valence-corrected chi connectivity index (χ0v) is 12.0. The highest BCUT2D eigenvalue weighted by Gasteiger charge is 2.12. The Morgan fingerprint density at radius 2 is 2.10 bits per heavy atom. The molecule has 4 heteroatoms. The van der Waals surface area contributed by atoms with Gasteiger partial charge in [0.05, 0.1) is 7.11 Å². The van der Waals surface area contributed by atoms with Gasteiger partial charge in [0.1, 0.15) is 17.3 Å². The van der Waals surface area contributed by atoms with Crippen LogP contribution < -0.4 is 10.1 Å². The second-order valence-electron chi connectivity index (χ2n) is 4.89. The van der Waals surface area contributed by atoms with Crippen LogP contribution in [-0.4, -0.2) is 18.1 Å². The molecule has 2 rings (SSSR count).